The van der Waals surface area contributed by atoms with Crippen LogP contribution in [0.15, 0.2) is 37.1 Å². The molecular formula is C17H23N5O2. The highest BCUT2D eigenvalue weighted by Crippen LogP contribution is 2.16. The Morgan fingerprint density at radius 3 is 2.88 bits per heavy atom. The number of carbonyl (C=O) groups is 1. The maximum atomic E-state index is 12.4. The van der Waals surface area contributed by atoms with E-state index >= 15 is 0 Å². The van der Waals surface area contributed by atoms with Crippen molar-refractivity contribution < 1.29 is 9.53 Å². The molecule has 0 bridgehead atoms. The molecule has 1 aliphatic rings. The smallest absolute Gasteiger partial charge is 0.239 e. The summed E-state index contributed by atoms with van der Waals surface area (Å²) in [5, 5.41) is 0. The molecule has 1 atom stereocenters. The van der Waals surface area contributed by atoms with Gasteiger partial charge < -0.3 is 20.4 Å². The molecule has 1 fully saturated rings. The zero-order chi connectivity index (χ0) is 16.8. The first-order chi connectivity index (χ1) is 11.7. The molecular weight excluding hydrogens is 306 g/mol. The van der Waals surface area contributed by atoms with Gasteiger partial charge in [0.05, 0.1) is 25.1 Å². The number of ether oxygens (including phenoxy) is 1. The van der Waals surface area contributed by atoms with Gasteiger partial charge in [-0.15, -0.1) is 0 Å². The average molecular weight is 329 g/mol. The molecule has 7 heteroatoms. The minimum atomic E-state index is -0.529. The summed E-state index contributed by atoms with van der Waals surface area (Å²) in [6.45, 7) is 1.94. The molecule has 0 saturated carbocycles. The van der Waals surface area contributed by atoms with Crippen LogP contribution in [-0.2, 0) is 22.6 Å². The Kier molecular flexibility index (Phi) is 5.55. The molecule has 0 radical (unpaired) electrons. The van der Waals surface area contributed by atoms with Gasteiger partial charge >= 0.3 is 0 Å². The van der Waals surface area contributed by atoms with E-state index in [0.717, 1.165) is 24.1 Å². The van der Waals surface area contributed by atoms with Crippen LogP contribution in [0.4, 0.5) is 0 Å². The maximum absolute atomic E-state index is 12.4. The number of nitrogens with two attached hydrogens (primary N) is 1. The Bertz CT molecular complexity index is 624. The first-order valence-corrected chi connectivity index (χ1v) is 8.24. The first-order valence-electron chi connectivity index (χ1n) is 8.24. The number of imidazole rings is 1. The second-order valence-corrected chi connectivity index (χ2v) is 6.08. The number of nitrogens with one attached hydrogen (secondary N) is 1. The van der Waals surface area contributed by atoms with Gasteiger partial charge in [-0.1, -0.05) is 6.07 Å². The minimum absolute atomic E-state index is 0.00434. The minimum Gasteiger partial charge on any atom is -0.373 e. The Labute approximate surface area is 141 Å². The summed E-state index contributed by atoms with van der Waals surface area (Å²) < 4.78 is 5.92. The van der Waals surface area contributed by atoms with Crippen molar-refractivity contribution in [1.29, 1.82) is 0 Å². The number of hydrogen-bond acceptors (Lipinski definition) is 5. The molecule has 24 heavy (non-hydrogen) atoms. The van der Waals surface area contributed by atoms with Crippen LogP contribution in [-0.4, -0.2) is 51.0 Å². The predicted molar refractivity (Wildman–Crippen MR) is 88.9 cm³/mol. The van der Waals surface area contributed by atoms with Gasteiger partial charge in [-0.05, 0) is 24.5 Å². The molecule has 3 N–H and O–H groups in total. The summed E-state index contributed by atoms with van der Waals surface area (Å²) in [5.74, 6) is -0.00434. The molecule has 7 nitrogen and oxygen atoms in total. The van der Waals surface area contributed by atoms with Crippen molar-refractivity contribution in [2.24, 2.45) is 5.73 Å². The fraction of sp³-hybridized carbons (Fsp3) is 0.471. The summed E-state index contributed by atoms with van der Waals surface area (Å²) in [6, 6.07) is 3.37. The van der Waals surface area contributed by atoms with Crippen molar-refractivity contribution in [2.45, 2.75) is 38.0 Å². The molecule has 0 aromatic carbocycles. The van der Waals surface area contributed by atoms with E-state index in [1.807, 2.05) is 23.2 Å². The number of pyridine rings is 1. The predicted octanol–water partition coefficient (Wildman–Crippen LogP) is 0.882. The van der Waals surface area contributed by atoms with Crippen molar-refractivity contribution in [3.8, 4) is 0 Å². The molecule has 0 spiro atoms. The monoisotopic (exact) mass is 329 g/mol. The molecule has 3 heterocycles. The van der Waals surface area contributed by atoms with Gasteiger partial charge in [0.25, 0.3) is 0 Å². The molecule has 1 amide bonds. The van der Waals surface area contributed by atoms with E-state index in [0.29, 0.717) is 26.1 Å². The average Bonchev–Trinajstić information content (AvgIpc) is 3.13. The molecule has 2 aromatic rings. The molecule has 0 unspecified atom stereocenters. The van der Waals surface area contributed by atoms with Crippen LogP contribution in [0.3, 0.4) is 0 Å². The van der Waals surface area contributed by atoms with E-state index in [9.17, 15) is 4.79 Å². The van der Waals surface area contributed by atoms with Crippen molar-refractivity contribution in [1.82, 2.24) is 19.9 Å². The zero-order valence-electron chi connectivity index (χ0n) is 13.6. The summed E-state index contributed by atoms with van der Waals surface area (Å²) in [5.41, 5.74) is 7.98. The Hall–Kier alpha value is -2.25. The highest BCUT2D eigenvalue weighted by Gasteiger charge is 2.27. The lowest BCUT2D eigenvalue weighted by atomic mass is 10.1. The quantitative estimate of drug-likeness (QED) is 0.820. The number of H-pyrrole nitrogens is 1. The third-order valence-corrected chi connectivity index (χ3v) is 4.27. The van der Waals surface area contributed by atoms with Crippen LogP contribution in [0.25, 0.3) is 0 Å². The molecule has 128 valence electrons. The van der Waals surface area contributed by atoms with Gasteiger partial charge in [-0.3, -0.25) is 9.78 Å². The molecule has 1 aliphatic heterocycles. The Balaban J connectivity index is 1.42. The van der Waals surface area contributed by atoms with Crippen LogP contribution in [0, 0.1) is 0 Å². The van der Waals surface area contributed by atoms with Gasteiger partial charge in [0.15, 0.2) is 0 Å². The maximum Gasteiger partial charge on any atom is 0.239 e. The Morgan fingerprint density at radius 2 is 2.21 bits per heavy atom. The Morgan fingerprint density at radius 1 is 1.38 bits per heavy atom. The number of hydrogen-bond donors (Lipinski definition) is 2. The second kappa shape index (κ2) is 8.03. The molecule has 2 aromatic heterocycles. The van der Waals surface area contributed by atoms with E-state index in [1.165, 1.54) is 0 Å². The third-order valence-electron chi connectivity index (χ3n) is 4.27. The van der Waals surface area contributed by atoms with E-state index in [4.69, 9.17) is 10.5 Å². The number of likely N-dealkylation sites (tertiary alicyclic amines) is 1. The number of aromatic nitrogens is 3. The number of amides is 1. The van der Waals surface area contributed by atoms with Gasteiger partial charge in [-0.2, -0.15) is 0 Å². The normalized spacial score (nSPS) is 17.0. The lowest BCUT2D eigenvalue weighted by Gasteiger charge is -2.33. The van der Waals surface area contributed by atoms with Crippen LogP contribution in [0.5, 0.6) is 0 Å². The molecule has 1 saturated heterocycles. The van der Waals surface area contributed by atoms with Crippen LogP contribution < -0.4 is 5.73 Å². The van der Waals surface area contributed by atoms with Crippen molar-refractivity contribution in [3.63, 3.8) is 0 Å². The fourth-order valence-corrected chi connectivity index (χ4v) is 2.90. The number of nitrogens with zero attached hydrogens (tertiary/aromatic N) is 3. The van der Waals surface area contributed by atoms with Crippen molar-refractivity contribution in [3.05, 3.63) is 48.3 Å². The van der Waals surface area contributed by atoms with Crippen molar-refractivity contribution in [2.75, 3.05) is 13.1 Å². The van der Waals surface area contributed by atoms with E-state index in [1.54, 1.807) is 18.7 Å². The summed E-state index contributed by atoms with van der Waals surface area (Å²) in [7, 11) is 0. The van der Waals surface area contributed by atoms with E-state index in [-0.39, 0.29) is 12.0 Å². The van der Waals surface area contributed by atoms with E-state index < -0.39 is 6.04 Å². The topological polar surface area (TPSA) is 97.1 Å². The van der Waals surface area contributed by atoms with Crippen molar-refractivity contribution >= 4 is 5.91 Å². The SMILES string of the molecule is N[C@@H](Cc1cnc[nH]1)C(=O)N1CCC(OCc2cccnc2)CC1. The highest BCUT2D eigenvalue weighted by molar-refractivity contribution is 5.82. The first kappa shape index (κ1) is 16.6. The standard InChI is InChI=1S/C17H23N5O2/c18-16(8-14-10-20-12-21-14)17(23)22-6-3-15(4-7-22)24-11-13-2-1-5-19-9-13/h1-2,5,9-10,12,15-16H,3-4,6-8,11,18H2,(H,20,21)/t16-/m0/s1. The van der Waals surface area contributed by atoms with Crippen LogP contribution in [0.1, 0.15) is 24.1 Å². The summed E-state index contributed by atoms with van der Waals surface area (Å²) >= 11 is 0. The van der Waals surface area contributed by atoms with Gasteiger partial charge in [0.1, 0.15) is 0 Å². The van der Waals surface area contributed by atoms with Gasteiger partial charge in [-0.25, -0.2) is 4.98 Å². The number of aromatic amines is 1. The fourth-order valence-electron chi connectivity index (χ4n) is 2.90. The summed E-state index contributed by atoms with van der Waals surface area (Å²) in [6.07, 6.45) is 9.19. The summed E-state index contributed by atoms with van der Waals surface area (Å²) in [4.78, 5) is 25.3. The molecule has 0 aliphatic carbocycles. The number of piperidine rings is 1. The van der Waals surface area contributed by atoms with Gasteiger partial charge in [0.2, 0.25) is 5.91 Å². The van der Waals surface area contributed by atoms with E-state index in [2.05, 4.69) is 15.0 Å². The lowest BCUT2D eigenvalue weighted by Crippen LogP contribution is -2.49. The molecule has 3 rings (SSSR count). The second-order valence-electron chi connectivity index (χ2n) is 6.08. The number of rotatable bonds is 6. The highest BCUT2D eigenvalue weighted by atomic mass is 16.5. The van der Waals surface area contributed by atoms with Crippen LogP contribution in [0.2, 0.25) is 0 Å². The largest absolute Gasteiger partial charge is 0.373 e. The lowest BCUT2D eigenvalue weighted by molar-refractivity contribution is -0.135. The third kappa shape index (κ3) is 4.39. The number of carbonyl (C=O) groups excluding carboxylic acids is 1. The van der Waals surface area contributed by atoms with Gasteiger partial charge in [0, 0.05) is 43.8 Å². The van der Waals surface area contributed by atoms with Crippen LogP contribution >= 0.6 is 0 Å². The zero-order valence-corrected chi connectivity index (χ0v) is 13.6.